The van der Waals surface area contributed by atoms with Crippen LogP contribution in [-0.4, -0.2) is 0 Å². The highest BCUT2D eigenvalue weighted by molar-refractivity contribution is 6.30. The second kappa shape index (κ2) is 7.29. The Morgan fingerprint density at radius 1 is 0.926 bits per heavy atom. The quantitative estimate of drug-likeness (QED) is 0.438. The van der Waals surface area contributed by atoms with Crippen LogP contribution in [0.3, 0.4) is 0 Å². The van der Waals surface area contributed by atoms with Crippen molar-refractivity contribution in [2.75, 3.05) is 0 Å². The first-order chi connectivity index (χ1) is 13.1. The number of hydrogen-bond donors (Lipinski definition) is 0. The summed E-state index contributed by atoms with van der Waals surface area (Å²) in [5, 5.41) is 1.13. The number of hydrogen-bond acceptors (Lipinski definition) is 3. The zero-order chi connectivity index (χ0) is 18.8. The molecule has 0 aliphatic carbocycles. The van der Waals surface area contributed by atoms with E-state index in [1.54, 1.807) is 24.3 Å². The fourth-order valence-electron chi connectivity index (χ4n) is 2.83. The molecule has 0 bridgehead atoms. The van der Waals surface area contributed by atoms with E-state index < -0.39 is 0 Å². The maximum absolute atomic E-state index is 12.6. The number of rotatable bonds is 4. The predicted octanol–water partition coefficient (Wildman–Crippen LogP) is 6.00. The summed E-state index contributed by atoms with van der Waals surface area (Å²) in [7, 11) is 0. The van der Waals surface area contributed by atoms with Gasteiger partial charge in [-0.25, -0.2) is 0 Å². The molecule has 0 N–H and O–H groups in total. The van der Waals surface area contributed by atoms with E-state index in [1.165, 1.54) is 11.6 Å². The molecule has 4 rings (SSSR count). The lowest BCUT2D eigenvalue weighted by molar-refractivity contribution is 0.306. The Morgan fingerprint density at radius 2 is 1.67 bits per heavy atom. The van der Waals surface area contributed by atoms with Gasteiger partial charge in [-0.05, 0) is 55.0 Å². The van der Waals surface area contributed by atoms with Crippen molar-refractivity contribution >= 4 is 22.6 Å². The molecule has 0 fully saturated rings. The van der Waals surface area contributed by atoms with Crippen LogP contribution in [0, 0.1) is 6.92 Å². The molecule has 0 aliphatic heterocycles. The molecule has 0 saturated carbocycles. The smallest absolute Gasteiger partial charge is 0.193 e. The summed E-state index contributed by atoms with van der Waals surface area (Å²) in [5.41, 5.74) is 3.50. The third-order valence-corrected chi connectivity index (χ3v) is 4.61. The minimum atomic E-state index is -0.109. The second-order valence-electron chi connectivity index (χ2n) is 6.41. The van der Waals surface area contributed by atoms with E-state index in [0.29, 0.717) is 34.1 Å². The first kappa shape index (κ1) is 17.4. The van der Waals surface area contributed by atoms with E-state index in [-0.39, 0.29) is 5.43 Å². The summed E-state index contributed by atoms with van der Waals surface area (Å²) in [6.07, 6.45) is 0. The van der Waals surface area contributed by atoms with Crippen molar-refractivity contribution < 1.29 is 9.15 Å². The zero-order valence-corrected chi connectivity index (χ0v) is 15.5. The summed E-state index contributed by atoms with van der Waals surface area (Å²) in [5.74, 6) is 1.15. The van der Waals surface area contributed by atoms with Crippen molar-refractivity contribution in [1.29, 1.82) is 0 Å². The summed E-state index contributed by atoms with van der Waals surface area (Å²) in [6.45, 7) is 2.49. The van der Waals surface area contributed by atoms with Gasteiger partial charge in [0.1, 0.15) is 23.7 Å². The van der Waals surface area contributed by atoms with Gasteiger partial charge in [-0.2, -0.15) is 0 Å². The number of fused-ring (bicyclic) bond motifs is 1. The lowest BCUT2D eigenvalue weighted by atomic mass is 10.1. The Labute approximate surface area is 161 Å². The molecular formula is C23H17ClO3. The van der Waals surface area contributed by atoms with E-state index >= 15 is 0 Å². The van der Waals surface area contributed by atoms with Crippen molar-refractivity contribution in [2.24, 2.45) is 0 Å². The predicted molar refractivity (Wildman–Crippen MR) is 108 cm³/mol. The molecule has 134 valence electrons. The average molecular weight is 377 g/mol. The normalized spacial score (nSPS) is 10.9. The second-order valence-corrected chi connectivity index (χ2v) is 6.85. The molecule has 3 nitrogen and oxygen atoms in total. The van der Waals surface area contributed by atoms with E-state index in [4.69, 9.17) is 20.8 Å². The van der Waals surface area contributed by atoms with Crippen LogP contribution in [0.15, 0.2) is 82.0 Å². The zero-order valence-electron chi connectivity index (χ0n) is 14.7. The van der Waals surface area contributed by atoms with Gasteiger partial charge in [0.05, 0.1) is 5.39 Å². The molecule has 0 unspecified atom stereocenters. The summed E-state index contributed by atoms with van der Waals surface area (Å²) >= 11 is 5.92. The van der Waals surface area contributed by atoms with Crippen molar-refractivity contribution in [3.63, 3.8) is 0 Å². The fraction of sp³-hybridized carbons (Fsp3) is 0.0870. The molecular weight excluding hydrogens is 360 g/mol. The number of ether oxygens (including phenoxy) is 1. The van der Waals surface area contributed by atoms with E-state index in [9.17, 15) is 4.79 Å². The lowest BCUT2D eigenvalue weighted by Gasteiger charge is -2.08. The first-order valence-corrected chi connectivity index (χ1v) is 8.98. The van der Waals surface area contributed by atoms with Gasteiger partial charge < -0.3 is 9.15 Å². The van der Waals surface area contributed by atoms with Crippen LogP contribution in [0.1, 0.15) is 11.1 Å². The Kier molecular flexibility index (Phi) is 4.69. The van der Waals surface area contributed by atoms with Crippen molar-refractivity contribution in [3.8, 4) is 17.1 Å². The Bertz CT molecular complexity index is 1140. The number of halogens is 1. The van der Waals surface area contributed by atoms with Gasteiger partial charge >= 0.3 is 0 Å². The van der Waals surface area contributed by atoms with Gasteiger partial charge in [-0.15, -0.1) is 0 Å². The molecule has 1 aromatic heterocycles. The summed E-state index contributed by atoms with van der Waals surface area (Å²) < 4.78 is 11.7. The highest BCUT2D eigenvalue weighted by Gasteiger charge is 2.08. The Morgan fingerprint density at radius 3 is 2.41 bits per heavy atom. The molecule has 0 amide bonds. The Balaban J connectivity index is 1.61. The molecule has 4 aromatic rings. The molecule has 3 aromatic carbocycles. The topological polar surface area (TPSA) is 39.4 Å². The van der Waals surface area contributed by atoms with Crippen molar-refractivity contribution in [3.05, 3.63) is 99.2 Å². The molecule has 0 radical (unpaired) electrons. The SMILES string of the molecule is Cc1ccc(COc2ccc3oc(-c4ccc(Cl)cc4)cc(=O)c3c2)cc1. The van der Waals surface area contributed by atoms with Gasteiger partial charge in [-0.1, -0.05) is 41.4 Å². The van der Waals surface area contributed by atoms with Gasteiger partial charge in [0.25, 0.3) is 0 Å². The molecule has 27 heavy (non-hydrogen) atoms. The third-order valence-electron chi connectivity index (χ3n) is 4.35. The summed E-state index contributed by atoms with van der Waals surface area (Å²) in [4.78, 5) is 12.6. The molecule has 4 heteroatoms. The highest BCUT2D eigenvalue weighted by Crippen LogP contribution is 2.26. The molecule has 0 saturated heterocycles. The molecule has 0 atom stereocenters. The summed E-state index contributed by atoms with van der Waals surface area (Å²) in [6, 6.07) is 22.1. The monoisotopic (exact) mass is 376 g/mol. The average Bonchev–Trinajstić information content (AvgIpc) is 2.68. The fourth-order valence-corrected chi connectivity index (χ4v) is 2.96. The maximum atomic E-state index is 12.6. The van der Waals surface area contributed by atoms with Crippen LogP contribution in [0.25, 0.3) is 22.3 Å². The van der Waals surface area contributed by atoms with Crippen LogP contribution < -0.4 is 10.2 Å². The van der Waals surface area contributed by atoms with E-state index in [1.807, 2.05) is 49.4 Å². The number of benzene rings is 3. The van der Waals surface area contributed by atoms with Crippen molar-refractivity contribution in [2.45, 2.75) is 13.5 Å². The molecule has 0 aliphatic rings. The standard InChI is InChI=1S/C23H17ClO3/c1-15-2-4-16(5-3-15)14-26-19-10-11-22-20(12-19)21(25)13-23(27-22)17-6-8-18(24)9-7-17/h2-13H,14H2,1H3. The number of aryl methyl sites for hydroxylation is 1. The van der Waals surface area contributed by atoms with Crippen LogP contribution in [0.4, 0.5) is 0 Å². The first-order valence-electron chi connectivity index (χ1n) is 8.61. The van der Waals surface area contributed by atoms with Crippen molar-refractivity contribution in [1.82, 2.24) is 0 Å². The van der Waals surface area contributed by atoms with Crippen LogP contribution in [0.5, 0.6) is 5.75 Å². The lowest BCUT2D eigenvalue weighted by Crippen LogP contribution is -2.01. The minimum Gasteiger partial charge on any atom is -0.489 e. The van der Waals surface area contributed by atoms with E-state index in [0.717, 1.165) is 11.1 Å². The molecule has 1 heterocycles. The van der Waals surface area contributed by atoms with Gasteiger partial charge in [-0.3, -0.25) is 4.79 Å². The maximum Gasteiger partial charge on any atom is 0.193 e. The minimum absolute atomic E-state index is 0.109. The Hall–Kier alpha value is -3.04. The van der Waals surface area contributed by atoms with Crippen LogP contribution in [0.2, 0.25) is 5.02 Å². The van der Waals surface area contributed by atoms with Crippen LogP contribution in [-0.2, 0) is 6.61 Å². The van der Waals surface area contributed by atoms with Crippen LogP contribution >= 0.6 is 11.6 Å². The molecule has 0 spiro atoms. The van der Waals surface area contributed by atoms with E-state index in [2.05, 4.69) is 0 Å². The van der Waals surface area contributed by atoms with Gasteiger partial charge in [0, 0.05) is 16.7 Å². The third kappa shape index (κ3) is 3.88. The van der Waals surface area contributed by atoms with Gasteiger partial charge in [0.15, 0.2) is 5.43 Å². The largest absolute Gasteiger partial charge is 0.489 e. The van der Waals surface area contributed by atoms with Gasteiger partial charge in [0.2, 0.25) is 0 Å². The highest BCUT2D eigenvalue weighted by atomic mass is 35.5.